The minimum absolute atomic E-state index is 0.0267. The Morgan fingerprint density at radius 2 is 1.90 bits per heavy atom. The summed E-state index contributed by atoms with van der Waals surface area (Å²) < 4.78 is 0. The summed E-state index contributed by atoms with van der Waals surface area (Å²) in [5.74, 6) is 2.02. The van der Waals surface area contributed by atoms with Gasteiger partial charge in [0.05, 0.1) is 0 Å². The van der Waals surface area contributed by atoms with Crippen molar-refractivity contribution in [3.8, 4) is 0 Å². The molecule has 0 radical (unpaired) electrons. The smallest absolute Gasteiger partial charge is 0.234 e. The number of nitrogens with one attached hydrogen (secondary N) is 1. The molecule has 0 bridgehead atoms. The van der Waals surface area contributed by atoms with Crippen LogP contribution in [-0.2, 0) is 4.79 Å². The van der Waals surface area contributed by atoms with Gasteiger partial charge in [-0.1, -0.05) is 38.8 Å². The Bertz CT molecular complexity index is 329. The SMILES string of the molecule is CCCC(CCC)(C(=O)NC(C)CCSCC)C(N)=NO. The fourth-order valence-electron chi connectivity index (χ4n) is 2.51. The second-order valence-electron chi connectivity index (χ2n) is 5.43. The molecule has 0 heterocycles. The summed E-state index contributed by atoms with van der Waals surface area (Å²) in [5, 5.41) is 15.2. The largest absolute Gasteiger partial charge is 0.409 e. The van der Waals surface area contributed by atoms with E-state index >= 15 is 0 Å². The third-order valence-electron chi connectivity index (χ3n) is 3.66. The van der Waals surface area contributed by atoms with Gasteiger partial charge in [0.2, 0.25) is 5.91 Å². The maximum atomic E-state index is 12.7. The maximum Gasteiger partial charge on any atom is 0.234 e. The van der Waals surface area contributed by atoms with E-state index in [4.69, 9.17) is 10.9 Å². The molecular weight excluding hydrogens is 286 g/mol. The second kappa shape index (κ2) is 10.8. The number of hydrogen-bond donors (Lipinski definition) is 3. The van der Waals surface area contributed by atoms with Gasteiger partial charge in [-0.3, -0.25) is 4.79 Å². The first kappa shape index (κ1) is 20.1. The van der Waals surface area contributed by atoms with Gasteiger partial charge in [0.15, 0.2) is 5.84 Å². The van der Waals surface area contributed by atoms with Gasteiger partial charge in [-0.2, -0.15) is 11.8 Å². The van der Waals surface area contributed by atoms with Crippen LogP contribution in [0.25, 0.3) is 0 Å². The number of amides is 1. The van der Waals surface area contributed by atoms with Crippen molar-refractivity contribution in [3.05, 3.63) is 0 Å². The molecule has 0 spiro atoms. The fourth-order valence-corrected chi connectivity index (χ4v) is 3.32. The molecule has 0 saturated heterocycles. The third kappa shape index (κ3) is 6.16. The maximum absolute atomic E-state index is 12.7. The molecule has 0 aliphatic heterocycles. The molecule has 1 unspecified atom stereocenters. The van der Waals surface area contributed by atoms with Crippen molar-refractivity contribution < 1.29 is 10.0 Å². The summed E-state index contributed by atoms with van der Waals surface area (Å²) >= 11 is 1.86. The van der Waals surface area contributed by atoms with E-state index in [0.29, 0.717) is 12.8 Å². The predicted molar refractivity (Wildman–Crippen MR) is 90.9 cm³/mol. The van der Waals surface area contributed by atoms with Crippen molar-refractivity contribution in [2.45, 2.75) is 65.8 Å². The highest BCUT2D eigenvalue weighted by molar-refractivity contribution is 7.99. The van der Waals surface area contributed by atoms with Crippen LogP contribution in [0.1, 0.15) is 59.8 Å². The van der Waals surface area contributed by atoms with Gasteiger partial charge in [-0.15, -0.1) is 0 Å². The van der Waals surface area contributed by atoms with Gasteiger partial charge in [0.25, 0.3) is 0 Å². The zero-order chi connectivity index (χ0) is 16.3. The lowest BCUT2D eigenvalue weighted by atomic mass is 9.77. The Morgan fingerprint density at radius 3 is 2.33 bits per heavy atom. The van der Waals surface area contributed by atoms with Crippen LogP contribution in [0.3, 0.4) is 0 Å². The van der Waals surface area contributed by atoms with Crippen molar-refractivity contribution in [2.24, 2.45) is 16.3 Å². The summed E-state index contributed by atoms with van der Waals surface area (Å²) in [5.41, 5.74) is 4.97. The molecule has 0 aromatic heterocycles. The lowest BCUT2D eigenvalue weighted by Gasteiger charge is -2.32. The standard InChI is InChI=1S/C15H31N3O2S/c1-5-9-15(10-6-2,13(16)18-20)14(19)17-12(4)8-11-21-7-3/h12,20H,5-11H2,1-4H3,(H2,16,18)(H,17,19). The number of thioether (sulfide) groups is 1. The topological polar surface area (TPSA) is 87.7 Å². The summed E-state index contributed by atoms with van der Waals surface area (Å²) in [7, 11) is 0. The quantitative estimate of drug-likeness (QED) is 0.180. The number of hydrogen-bond acceptors (Lipinski definition) is 4. The molecule has 0 aliphatic carbocycles. The first-order valence-corrected chi connectivity index (χ1v) is 9.00. The van der Waals surface area contributed by atoms with Crippen molar-refractivity contribution in [3.63, 3.8) is 0 Å². The molecule has 0 rings (SSSR count). The Morgan fingerprint density at radius 1 is 1.33 bits per heavy atom. The number of carbonyl (C=O) groups is 1. The van der Waals surface area contributed by atoms with E-state index in [1.54, 1.807) is 0 Å². The van der Waals surface area contributed by atoms with Crippen molar-refractivity contribution in [2.75, 3.05) is 11.5 Å². The van der Waals surface area contributed by atoms with E-state index in [-0.39, 0.29) is 17.8 Å². The Labute approximate surface area is 133 Å². The van der Waals surface area contributed by atoms with Crippen LogP contribution in [-0.4, -0.2) is 34.5 Å². The average molecular weight is 317 g/mol. The molecule has 0 aromatic rings. The van der Waals surface area contributed by atoms with Crippen molar-refractivity contribution in [1.82, 2.24) is 5.32 Å². The number of nitrogens with zero attached hydrogens (tertiary/aromatic N) is 1. The number of rotatable bonds is 11. The highest BCUT2D eigenvalue weighted by Crippen LogP contribution is 2.31. The van der Waals surface area contributed by atoms with Gasteiger partial charge in [0, 0.05) is 6.04 Å². The van der Waals surface area contributed by atoms with E-state index < -0.39 is 5.41 Å². The highest BCUT2D eigenvalue weighted by Gasteiger charge is 2.41. The van der Waals surface area contributed by atoms with Gasteiger partial charge < -0.3 is 16.3 Å². The van der Waals surface area contributed by atoms with E-state index in [0.717, 1.165) is 30.8 Å². The molecular formula is C15H31N3O2S. The molecule has 1 atom stereocenters. The van der Waals surface area contributed by atoms with Crippen LogP contribution in [0.4, 0.5) is 0 Å². The molecule has 1 amide bonds. The summed E-state index contributed by atoms with van der Waals surface area (Å²) in [6.07, 6.45) is 3.74. The minimum atomic E-state index is -0.885. The van der Waals surface area contributed by atoms with E-state index in [1.165, 1.54) is 0 Å². The second-order valence-corrected chi connectivity index (χ2v) is 6.82. The number of amidine groups is 1. The molecule has 0 saturated carbocycles. The van der Waals surface area contributed by atoms with E-state index in [1.807, 2.05) is 32.5 Å². The molecule has 124 valence electrons. The fraction of sp³-hybridized carbons (Fsp3) is 0.867. The lowest BCUT2D eigenvalue weighted by Crippen LogP contribution is -2.52. The zero-order valence-electron chi connectivity index (χ0n) is 13.8. The number of oxime groups is 1. The normalized spacial score (nSPS) is 14.0. The average Bonchev–Trinajstić information content (AvgIpc) is 2.46. The van der Waals surface area contributed by atoms with Gasteiger partial charge in [-0.25, -0.2) is 0 Å². The van der Waals surface area contributed by atoms with Crippen LogP contribution in [0.5, 0.6) is 0 Å². The number of nitrogens with two attached hydrogens (primary N) is 1. The minimum Gasteiger partial charge on any atom is -0.409 e. The Balaban J connectivity index is 4.93. The predicted octanol–water partition coefficient (Wildman–Crippen LogP) is 2.97. The first-order valence-electron chi connectivity index (χ1n) is 7.85. The summed E-state index contributed by atoms with van der Waals surface area (Å²) in [6, 6.07) is 0.0936. The molecule has 4 N–H and O–H groups in total. The third-order valence-corrected chi connectivity index (χ3v) is 4.60. The van der Waals surface area contributed by atoms with Crippen LogP contribution in [0.2, 0.25) is 0 Å². The van der Waals surface area contributed by atoms with Crippen LogP contribution in [0, 0.1) is 5.41 Å². The highest BCUT2D eigenvalue weighted by atomic mass is 32.2. The first-order chi connectivity index (χ1) is 9.98. The van der Waals surface area contributed by atoms with Gasteiger partial charge >= 0.3 is 0 Å². The summed E-state index contributed by atoms with van der Waals surface area (Å²) in [4.78, 5) is 12.7. The molecule has 6 heteroatoms. The molecule has 0 fully saturated rings. The van der Waals surface area contributed by atoms with Gasteiger partial charge in [0.1, 0.15) is 5.41 Å². The summed E-state index contributed by atoms with van der Waals surface area (Å²) in [6.45, 7) is 8.14. The Kier molecular flexibility index (Phi) is 10.3. The van der Waals surface area contributed by atoms with Gasteiger partial charge in [-0.05, 0) is 37.7 Å². The van der Waals surface area contributed by atoms with Crippen molar-refractivity contribution >= 4 is 23.5 Å². The van der Waals surface area contributed by atoms with E-state index in [2.05, 4.69) is 17.4 Å². The van der Waals surface area contributed by atoms with Crippen LogP contribution in [0.15, 0.2) is 5.16 Å². The number of carbonyl (C=O) groups excluding carboxylic acids is 1. The molecule has 0 aromatic carbocycles. The molecule has 21 heavy (non-hydrogen) atoms. The zero-order valence-corrected chi connectivity index (χ0v) is 14.6. The molecule has 5 nitrogen and oxygen atoms in total. The lowest BCUT2D eigenvalue weighted by molar-refractivity contribution is -0.129. The van der Waals surface area contributed by atoms with Crippen molar-refractivity contribution in [1.29, 1.82) is 0 Å². The van der Waals surface area contributed by atoms with Crippen LogP contribution >= 0.6 is 11.8 Å². The monoisotopic (exact) mass is 317 g/mol. The van der Waals surface area contributed by atoms with E-state index in [9.17, 15) is 4.79 Å². The Hall–Kier alpha value is -0.910. The molecule has 0 aliphatic rings. The van der Waals surface area contributed by atoms with Crippen LogP contribution < -0.4 is 11.1 Å².